The number of nitrogens with one attached hydrogen (secondary N) is 1. The van der Waals surface area contributed by atoms with E-state index in [2.05, 4.69) is 5.32 Å². The first kappa shape index (κ1) is 12.5. The molecule has 0 bridgehead atoms. The molecule has 1 rings (SSSR count). The molecule has 0 heterocycles. The summed E-state index contributed by atoms with van der Waals surface area (Å²) < 4.78 is 0. The van der Waals surface area contributed by atoms with Gasteiger partial charge >= 0.3 is 5.97 Å². The van der Waals surface area contributed by atoms with E-state index in [1.54, 1.807) is 18.2 Å². The normalized spacial score (nSPS) is 12.7. The fraction of sp³-hybridized carbons (Fsp3) is 0.417. The summed E-state index contributed by atoms with van der Waals surface area (Å²) in [5.74, 6) is -0.624. The van der Waals surface area contributed by atoms with Crippen LogP contribution < -0.4 is 5.32 Å². The third-order valence-electron chi connectivity index (χ3n) is 2.22. The molecule has 4 nitrogen and oxygen atoms in total. The number of carboxylic acids is 1. The number of phenolic OH excluding ortho intramolecular Hbond substituents is 1. The van der Waals surface area contributed by atoms with Crippen LogP contribution in [0.15, 0.2) is 24.3 Å². The lowest BCUT2D eigenvalue weighted by Gasteiger charge is -2.17. The molecule has 0 aromatic heterocycles. The molecular formula is C12H17NO3. The number of aromatic hydroxyl groups is 1. The minimum absolute atomic E-state index is 0.00570. The van der Waals surface area contributed by atoms with Crippen LogP contribution in [-0.2, 0) is 4.79 Å². The summed E-state index contributed by atoms with van der Waals surface area (Å²) in [4.78, 5) is 11.1. The topological polar surface area (TPSA) is 69.6 Å². The Morgan fingerprint density at radius 1 is 1.38 bits per heavy atom. The predicted molar refractivity (Wildman–Crippen MR) is 61.3 cm³/mol. The average Bonchev–Trinajstić information content (AvgIpc) is 2.20. The average molecular weight is 223 g/mol. The second-order valence-corrected chi connectivity index (χ2v) is 4.13. The van der Waals surface area contributed by atoms with Crippen LogP contribution in [-0.4, -0.2) is 22.7 Å². The van der Waals surface area contributed by atoms with E-state index in [1.165, 1.54) is 6.07 Å². The molecular weight excluding hydrogens is 206 g/mol. The number of aliphatic carboxylic acids is 1. The van der Waals surface area contributed by atoms with Crippen LogP contribution in [0.5, 0.6) is 5.75 Å². The van der Waals surface area contributed by atoms with Crippen LogP contribution in [0.1, 0.15) is 25.5 Å². The molecule has 0 aliphatic carbocycles. The molecule has 4 heteroatoms. The van der Waals surface area contributed by atoms with Crippen molar-refractivity contribution in [2.75, 3.05) is 6.54 Å². The molecule has 1 unspecified atom stereocenters. The number of carbonyl (C=O) groups is 1. The number of carboxylic acid groups (broad SMARTS) is 1. The Bertz CT molecular complexity index is 363. The highest BCUT2D eigenvalue weighted by atomic mass is 16.4. The van der Waals surface area contributed by atoms with E-state index in [0.29, 0.717) is 18.0 Å². The Kier molecular flexibility index (Phi) is 4.31. The fourth-order valence-corrected chi connectivity index (χ4v) is 1.42. The Morgan fingerprint density at radius 2 is 2.00 bits per heavy atom. The van der Waals surface area contributed by atoms with E-state index in [4.69, 9.17) is 5.11 Å². The Hall–Kier alpha value is -1.55. The zero-order valence-corrected chi connectivity index (χ0v) is 9.47. The van der Waals surface area contributed by atoms with Gasteiger partial charge in [-0.1, -0.05) is 32.0 Å². The van der Waals surface area contributed by atoms with Crippen molar-refractivity contribution in [1.82, 2.24) is 5.32 Å². The summed E-state index contributed by atoms with van der Waals surface area (Å²) in [6, 6.07) is 5.62. The summed E-state index contributed by atoms with van der Waals surface area (Å²) in [5, 5.41) is 21.6. The van der Waals surface area contributed by atoms with Gasteiger partial charge in [0.15, 0.2) is 0 Å². The Labute approximate surface area is 94.9 Å². The molecule has 0 amide bonds. The van der Waals surface area contributed by atoms with Gasteiger partial charge in [-0.3, -0.25) is 4.79 Å². The SMILES string of the molecule is CC(C)CNC(C(=O)O)c1ccccc1O. The molecule has 1 aromatic rings. The van der Waals surface area contributed by atoms with Crippen molar-refractivity contribution < 1.29 is 15.0 Å². The molecule has 16 heavy (non-hydrogen) atoms. The molecule has 88 valence electrons. The Morgan fingerprint density at radius 3 is 2.50 bits per heavy atom. The summed E-state index contributed by atoms with van der Waals surface area (Å²) >= 11 is 0. The zero-order chi connectivity index (χ0) is 12.1. The Balaban J connectivity index is 2.86. The van der Waals surface area contributed by atoms with Gasteiger partial charge in [0, 0.05) is 5.56 Å². The number of phenols is 1. The molecule has 0 aliphatic heterocycles. The first-order valence-electron chi connectivity index (χ1n) is 5.26. The highest BCUT2D eigenvalue weighted by Crippen LogP contribution is 2.23. The van der Waals surface area contributed by atoms with Crippen molar-refractivity contribution in [2.45, 2.75) is 19.9 Å². The maximum absolute atomic E-state index is 11.1. The van der Waals surface area contributed by atoms with E-state index < -0.39 is 12.0 Å². The lowest BCUT2D eigenvalue weighted by Crippen LogP contribution is -2.31. The van der Waals surface area contributed by atoms with Crippen LogP contribution in [0, 0.1) is 5.92 Å². The molecule has 0 radical (unpaired) electrons. The third kappa shape index (κ3) is 3.24. The summed E-state index contributed by atoms with van der Waals surface area (Å²) in [6.07, 6.45) is 0. The quantitative estimate of drug-likeness (QED) is 0.711. The van der Waals surface area contributed by atoms with Crippen LogP contribution in [0.25, 0.3) is 0 Å². The molecule has 1 aromatic carbocycles. The van der Waals surface area contributed by atoms with Gasteiger partial charge in [-0.05, 0) is 18.5 Å². The third-order valence-corrected chi connectivity index (χ3v) is 2.22. The fourth-order valence-electron chi connectivity index (χ4n) is 1.42. The predicted octanol–water partition coefficient (Wildman–Crippen LogP) is 1.76. The lowest BCUT2D eigenvalue weighted by molar-refractivity contribution is -0.139. The van der Waals surface area contributed by atoms with Crippen molar-refractivity contribution in [1.29, 1.82) is 0 Å². The van der Waals surface area contributed by atoms with Crippen LogP contribution in [0.2, 0.25) is 0 Å². The van der Waals surface area contributed by atoms with Crippen LogP contribution in [0.4, 0.5) is 0 Å². The van der Waals surface area contributed by atoms with Gasteiger partial charge < -0.3 is 15.5 Å². The molecule has 0 fully saturated rings. The van der Waals surface area contributed by atoms with E-state index >= 15 is 0 Å². The number of para-hydroxylation sites is 1. The highest BCUT2D eigenvalue weighted by Gasteiger charge is 2.21. The van der Waals surface area contributed by atoms with Gasteiger partial charge in [-0.15, -0.1) is 0 Å². The molecule has 0 spiro atoms. The first-order valence-corrected chi connectivity index (χ1v) is 5.26. The van der Waals surface area contributed by atoms with Gasteiger partial charge in [-0.2, -0.15) is 0 Å². The largest absolute Gasteiger partial charge is 0.508 e. The number of hydrogen-bond acceptors (Lipinski definition) is 3. The standard InChI is InChI=1S/C12H17NO3/c1-8(2)7-13-11(12(15)16)9-5-3-4-6-10(9)14/h3-6,8,11,13-14H,7H2,1-2H3,(H,15,16). The summed E-state index contributed by atoms with van der Waals surface area (Å²) in [6.45, 7) is 4.58. The van der Waals surface area contributed by atoms with Gasteiger partial charge in [-0.25, -0.2) is 0 Å². The first-order chi connectivity index (χ1) is 7.52. The van der Waals surface area contributed by atoms with Crippen LogP contribution >= 0.6 is 0 Å². The van der Waals surface area contributed by atoms with Crippen molar-refractivity contribution in [3.05, 3.63) is 29.8 Å². The number of rotatable bonds is 5. The minimum atomic E-state index is -0.984. The highest BCUT2D eigenvalue weighted by molar-refractivity contribution is 5.76. The van der Waals surface area contributed by atoms with Crippen molar-refractivity contribution in [3.8, 4) is 5.75 Å². The summed E-state index contributed by atoms with van der Waals surface area (Å²) in [7, 11) is 0. The van der Waals surface area contributed by atoms with E-state index in [1.807, 2.05) is 13.8 Å². The van der Waals surface area contributed by atoms with Gasteiger partial charge in [0.25, 0.3) is 0 Å². The van der Waals surface area contributed by atoms with Crippen molar-refractivity contribution in [2.24, 2.45) is 5.92 Å². The lowest BCUT2D eigenvalue weighted by atomic mass is 10.1. The van der Waals surface area contributed by atoms with Crippen molar-refractivity contribution >= 4 is 5.97 Å². The monoisotopic (exact) mass is 223 g/mol. The molecule has 0 aliphatic rings. The second kappa shape index (κ2) is 5.51. The zero-order valence-electron chi connectivity index (χ0n) is 9.47. The second-order valence-electron chi connectivity index (χ2n) is 4.13. The molecule has 0 saturated heterocycles. The molecule has 3 N–H and O–H groups in total. The van der Waals surface area contributed by atoms with E-state index in [-0.39, 0.29) is 5.75 Å². The molecule has 1 atom stereocenters. The van der Waals surface area contributed by atoms with Crippen molar-refractivity contribution in [3.63, 3.8) is 0 Å². The van der Waals surface area contributed by atoms with E-state index in [0.717, 1.165) is 0 Å². The van der Waals surface area contributed by atoms with Gasteiger partial charge in [0.05, 0.1) is 0 Å². The maximum atomic E-state index is 11.1. The maximum Gasteiger partial charge on any atom is 0.325 e. The van der Waals surface area contributed by atoms with Crippen LogP contribution in [0.3, 0.4) is 0 Å². The number of benzene rings is 1. The molecule has 0 saturated carbocycles. The number of hydrogen-bond donors (Lipinski definition) is 3. The van der Waals surface area contributed by atoms with E-state index in [9.17, 15) is 9.90 Å². The van der Waals surface area contributed by atoms with Gasteiger partial charge in [0.2, 0.25) is 0 Å². The summed E-state index contributed by atoms with van der Waals surface area (Å²) in [5.41, 5.74) is 0.399. The van der Waals surface area contributed by atoms with Gasteiger partial charge in [0.1, 0.15) is 11.8 Å². The minimum Gasteiger partial charge on any atom is -0.508 e. The smallest absolute Gasteiger partial charge is 0.325 e.